The van der Waals surface area contributed by atoms with Crippen molar-refractivity contribution < 1.29 is 14.7 Å². The molecular formula is C10H16N2O3. The number of carbonyl (C=O) groups excluding carboxylic acids is 1. The second-order valence-electron chi connectivity index (χ2n) is 4.27. The number of hydrogen-bond donors (Lipinski definition) is 2. The number of nitrogens with zero attached hydrogens (tertiary/aromatic N) is 1. The van der Waals surface area contributed by atoms with Crippen LogP contribution in [0.3, 0.4) is 0 Å². The summed E-state index contributed by atoms with van der Waals surface area (Å²) in [5.41, 5.74) is 0. The van der Waals surface area contributed by atoms with Crippen molar-refractivity contribution in [1.82, 2.24) is 10.2 Å². The van der Waals surface area contributed by atoms with Gasteiger partial charge in [-0.1, -0.05) is 0 Å². The Morgan fingerprint density at radius 2 is 1.93 bits per heavy atom. The van der Waals surface area contributed by atoms with Crippen LogP contribution in [0.2, 0.25) is 0 Å². The van der Waals surface area contributed by atoms with Gasteiger partial charge >= 0.3 is 12.0 Å². The predicted octanol–water partition coefficient (Wildman–Crippen LogP) is 0.797. The number of carbonyl (C=O) groups is 2. The van der Waals surface area contributed by atoms with Crippen LogP contribution < -0.4 is 5.32 Å². The van der Waals surface area contributed by atoms with E-state index >= 15 is 0 Å². The Kier molecular flexibility index (Phi) is 2.79. The van der Waals surface area contributed by atoms with E-state index in [1.54, 1.807) is 0 Å². The van der Waals surface area contributed by atoms with Crippen LogP contribution in [0.25, 0.3) is 0 Å². The highest BCUT2D eigenvalue weighted by Gasteiger charge is 2.35. The molecule has 1 aliphatic carbocycles. The van der Waals surface area contributed by atoms with Crippen LogP contribution in [0, 0.1) is 0 Å². The Hall–Kier alpha value is -1.26. The molecule has 2 aliphatic rings. The minimum Gasteiger partial charge on any atom is -0.480 e. The topological polar surface area (TPSA) is 69.6 Å². The van der Waals surface area contributed by atoms with E-state index in [4.69, 9.17) is 5.11 Å². The van der Waals surface area contributed by atoms with E-state index in [1.165, 1.54) is 4.90 Å². The van der Waals surface area contributed by atoms with E-state index in [9.17, 15) is 9.59 Å². The molecule has 1 saturated heterocycles. The summed E-state index contributed by atoms with van der Waals surface area (Å²) in [6.07, 6.45) is 4.57. The van der Waals surface area contributed by atoms with Crippen LogP contribution >= 0.6 is 0 Å². The number of urea groups is 1. The summed E-state index contributed by atoms with van der Waals surface area (Å²) in [4.78, 5) is 24.0. The Balaban J connectivity index is 1.90. The summed E-state index contributed by atoms with van der Waals surface area (Å²) in [5.74, 6) is -0.892. The molecule has 84 valence electrons. The summed E-state index contributed by atoms with van der Waals surface area (Å²) in [7, 11) is 0. The first-order chi connectivity index (χ1) is 7.18. The molecule has 5 heteroatoms. The van der Waals surface area contributed by atoms with E-state index in [0.717, 1.165) is 25.7 Å². The highest BCUT2D eigenvalue weighted by atomic mass is 16.4. The number of amides is 2. The summed E-state index contributed by atoms with van der Waals surface area (Å²) >= 11 is 0. The Morgan fingerprint density at radius 1 is 1.20 bits per heavy atom. The van der Waals surface area contributed by atoms with Gasteiger partial charge in [-0.3, -0.25) is 0 Å². The molecule has 1 heterocycles. The monoisotopic (exact) mass is 212 g/mol. The van der Waals surface area contributed by atoms with Crippen molar-refractivity contribution in [3.8, 4) is 0 Å². The Morgan fingerprint density at radius 3 is 2.47 bits per heavy atom. The van der Waals surface area contributed by atoms with Gasteiger partial charge in [0.1, 0.15) is 6.04 Å². The molecule has 15 heavy (non-hydrogen) atoms. The highest BCUT2D eigenvalue weighted by molar-refractivity contribution is 5.83. The molecule has 5 nitrogen and oxygen atoms in total. The van der Waals surface area contributed by atoms with Crippen molar-refractivity contribution >= 4 is 12.0 Å². The largest absolute Gasteiger partial charge is 0.480 e. The zero-order chi connectivity index (χ0) is 10.8. The SMILES string of the molecule is O=C(O)[C@@H]1CCCN1C(=O)NC1CCC1. The van der Waals surface area contributed by atoms with Crippen LogP contribution in [0.5, 0.6) is 0 Å². The van der Waals surface area contributed by atoms with Gasteiger partial charge in [0.2, 0.25) is 0 Å². The fourth-order valence-electron chi connectivity index (χ4n) is 2.08. The lowest BCUT2D eigenvalue weighted by atomic mass is 9.93. The predicted molar refractivity (Wildman–Crippen MR) is 53.5 cm³/mol. The van der Waals surface area contributed by atoms with Crippen molar-refractivity contribution in [2.45, 2.75) is 44.2 Å². The molecule has 0 radical (unpaired) electrons. The Bertz CT molecular complexity index is 276. The van der Waals surface area contributed by atoms with Gasteiger partial charge in [0.05, 0.1) is 0 Å². The molecule has 1 saturated carbocycles. The van der Waals surface area contributed by atoms with Crippen molar-refractivity contribution in [2.24, 2.45) is 0 Å². The van der Waals surface area contributed by atoms with Crippen LogP contribution in [-0.2, 0) is 4.79 Å². The smallest absolute Gasteiger partial charge is 0.326 e. The summed E-state index contributed by atoms with van der Waals surface area (Å²) in [5, 5.41) is 11.8. The Labute approximate surface area is 88.4 Å². The van der Waals surface area contributed by atoms with Gasteiger partial charge in [-0.2, -0.15) is 0 Å². The first kappa shape index (κ1) is 10.3. The van der Waals surface area contributed by atoms with Crippen molar-refractivity contribution in [3.63, 3.8) is 0 Å². The van der Waals surface area contributed by atoms with E-state index in [0.29, 0.717) is 13.0 Å². The number of likely N-dealkylation sites (tertiary alicyclic amines) is 1. The molecule has 1 aliphatic heterocycles. The van der Waals surface area contributed by atoms with E-state index in [1.807, 2.05) is 0 Å². The second-order valence-corrected chi connectivity index (χ2v) is 4.27. The zero-order valence-electron chi connectivity index (χ0n) is 8.61. The number of aliphatic carboxylic acids is 1. The first-order valence-corrected chi connectivity index (χ1v) is 5.48. The van der Waals surface area contributed by atoms with Gasteiger partial charge in [-0.25, -0.2) is 9.59 Å². The quantitative estimate of drug-likeness (QED) is 0.711. The number of hydrogen-bond acceptors (Lipinski definition) is 2. The fourth-order valence-corrected chi connectivity index (χ4v) is 2.08. The minimum atomic E-state index is -0.892. The molecule has 2 fully saturated rings. The average molecular weight is 212 g/mol. The van der Waals surface area contributed by atoms with Crippen LogP contribution in [0.4, 0.5) is 4.79 Å². The second kappa shape index (κ2) is 4.08. The van der Waals surface area contributed by atoms with Gasteiger partial charge in [0, 0.05) is 12.6 Å². The lowest BCUT2D eigenvalue weighted by Crippen LogP contribution is -2.50. The molecule has 2 N–H and O–H groups in total. The lowest BCUT2D eigenvalue weighted by Gasteiger charge is -2.30. The van der Waals surface area contributed by atoms with Crippen molar-refractivity contribution in [2.75, 3.05) is 6.54 Å². The maximum atomic E-state index is 11.7. The molecular weight excluding hydrogens is 196 g/mol. The standard InChI is InChI=1S/C10H16N2O3/c13-9(14)8-5-2-6-12(8)10(15)11-7-3-1-4-7/h7-8H,1-6H2,(H,11,15)(H,13,14)/t8-/m0/s1. The number of carboxylic acids is 1. The summed E-state index contributed by atoms with van der Waals surface area (Å²) in [6.45, 7) is 0.565. The molecule has 2 rings (SSSR count). The molecule has 0 aromatic heterocycles. The highest BCUT2D eigenvalue weighted by Crippen LogP contribution is 2.21. The average Bonchev–Trinajstić information content (AvgIpc) is 2.59. The third-order valence-electron chi connectivity index (χ3n) is 3.23. The normalized spacial score (nSPS) is 26.1. The number of carboxylic acid groups (broad SMARTS) is 1. The number of rotatable bonds is 2. The van der Waals surface area contributed by atoms with Crippen molar-refractivity contribution in [1.29, 1.82) is 0 Å². The van der Waals surface area contributed by atoms with Gasteiger partial charge in [-0.15, -0.1) is 0 Å². The summed E-state index contributed by atoms with van der Waals surface area (Å²) in [6, 6.07) is -0.553. The maximum absolute atomic E-state index is 11.7. The van der Waals surface area contributed by atoms with Gasteiger partial charge in [-0.05, 0) is 32.1 Å². The third-order valence-corrected chi connectivity index (χ3v) is 3.23. The van der Waals surface area contributed by atoms with Crippen LogP contribution in [-0.4, -0.2) is 40.6 Å². The van der Waals surface area contributed by atoms with Gasteiger partial charge in [0.25, 0.3) is 0 Å². The molecule has 0 bridgehead atoms. The van der Waals surface area contributed by atoms with Crippen LogP contribution in [0.15, 0.2) is 0 Å². The zero-order valence-corrected chi connectivity index (χ0v) is 8.61. The molecule has 0 unspecified atom stereocenters. The van der Waals surface area contributed by atoms with E-state index in [-0.39, 0.29) is 12.1 Å². The van der Waals surface area contributed by atoms with Gasteiger partial charge in [0.15, 0.2) is 0 Å². The first-order valence-electron chi connectivity index (χ1n) is 5.48. The molecule has 0 spiro atoms. The lowest BCUT2D eigenvalue weighted by molar-refractivity contribution is -0.141. The van der Waals surface area contributed by atoms with Gasteiger partial charge < -0.3 is 15.3 Å². The summed E-state index contributed by atoms with van der Waals surface area (Å²) < 4.78 is 0. The van der Waals surface area contributed by atoms with E-state index in [2.05, 4.69) is 5.32 Å². The number of nitrogens with one attached hydrogen (secondary N) is 1. The molecule has 1 atom stereocenters. The fraction of sp³-hybridized carbons (Fsp3) is 0.800. The third kappa shape index (κ3) is 2.06. The minimum absolute atomic E-state index is 0.204. The molecule has 2 amide bonds. The molecule has 0 aromatic rings. The van der Waals surface area contributed by atoms with Crippen molar-refractivity contribution in [3.05, 3.63) is 0 Å². The van der Waals surface area contributed by atoms with E-state index < -0.39 is 12.0 Å². The molecule has 0 aromatic carbocycles. The maximum Gasteiger partial charge on any atom is 0.326 e. The van der Waals surface area contributed by atoms with Crippen LogP contribution in [0.1, 0.15) is 32.1 Å².